The van der Waals surface area contributed by atoms with E-state index in [1.54, 1.807) is 35.3 Å². The minimum absolute atomic E-state index is 0.0432. The van der Waals surface area contributed by atoms with E-state index in [9.17, 15) is 27.5 Å². The number of fused-ring (bicyclic) bond motifs is 3. The summed E-state index contributed by atoms with van der Waals surface area (Å²) in [6, 6.07) is 4.24. The lowest BCUT2D eigenvalue weighted by Crippen LogP contribution is -2.43. The lowest BCUT2D eigenvalue weighted by atomic mass is 9.70. The number of Topliss-reactive ketones (excluding diaryl/α,β-unsaturated/α-hetero) is 1. The molecule has 2 aliphatic carbocycles. The van der Waals surface area contributed by atoms with Crippen LogP contribution in [0.3, 0.4) is 0 Å². The van der Waals surface area contributed by atoms with Gasteiger partial charge in [-0.2, -0.15) is 0 Å². The summed E-state index contributed by atoms with van der Waals surface area (Å²) in [5, 5.41) is 11.2. The number of allylic oxidation sites excluding steroid dienone is 4. The first kappa shape index (κ1) is 23.8. The number of benzene rings is 1. The summed E-state index contributed by atoms with van der Waals surface area (Å²) in [5.41, 5.74) is 1.40. The van der Waals surface area contributed by atoms with Crippen LogP contribution in [0.1, 0.15) is 57.1 Å². The van der Waals surface area contributed by atoms with Crippen molar-refractivity contribution in [3.63, 3.8) is 0 Å². The van der Waals surface area contributed by atoms with Crippen LogP contribution in [0, 0.1) is 17.7 Å². The van der Waals surface area contributed by atoms with Gasteiger partial charge in [0.15, 0.2) is 5.78 Å². The molecule has 2 atom stereocenters. The number of carbonyl (C=O) groups is 1. The summed E-state index contributed by atoms with van der Waals surface area (Å²) in [4.78, 5) is 17.4. The van der Waals surface area contributed by atoms with Gasteiger partial charge in [-0.05, 0) is 49.7 Å². The Hall–Kier alpha value is -2.94. The lowest BCUT2D eigenvalue weighted by molar-refractivity contribution is -0.306. The molecule has 0 saturated heterocycles. The number of alkyl halides is 3. The molecule has 0 bridgehead atoms. The molecule has 5 rings (SSSR count). The fourth-order valence-corrected chi connectivity index (χ4v) is 5.88. The van der Waals surface area contributed by atoms with E-state index < -0.39 is 18.0 Å². The maximum atomic E-state index is 14.7. The van der Waals surface area contributed by atoms with Crippen LogP contribution in [-0.2, 0) is 9.53 Å². The van der Waals surface area contributed by atoms with Crippen LogP contribution in [0.2, 0.25) is 0 Å². The number of rotatable bonds is 5. The van der Waals surface area contributed by atoms with Crippen molar-refractivity contribution < 1.29 is 32.2 Å². The van der Waals surface area contributed by atoms with Crippen molar-refractivity contribution >= 4 is 5.78 Å². The summed E-state index contributed by atoms with van der Waals surface area (Å²) >= 11 is 0. The Morgan fingerprint density at radius 3 is 2.69 bits per heavy atom. The molecule has 9 heteroatoms. The van der Waals surface area contributed by atoms with Crippen LogP contribution in [-0.4, -0.2) is 32.4 Å². The SMILES string of the molecule is CC1CC(OC(F)(F)F)=CC=C1C1CCC(O)(C(=O)CC2c3c(F)cccc3-c3cncn32)CC1. The second-order valence-electron chi connectivity index (χ2n) is 9.79. The molecule has 1 fully saturated rings. The van der Waals surface area contributed by atoms with Gasteiger partial charge in [0.1, 0.15) is 17.2 Å². The molecule has 186 valence electrons. The van der Waals surface area contributed by atoms with Crippen LogP contribution in [0.25, 0.3) is 11.3 Å². The largest absolute Gasteiger partial charge is 0.572 e. The number of imidazole rings is 1. The van der Waals surface area contributed by atoms with Crippen LogP contribution in [0.4, 0.5) is 17.6 Å². The van der Waals surface area contributed by atoms with Crippen molar-refractivity contribution in [3.8, 4) is 11.3 Å². The molecule has 1 aliphatic heterocycles. The highest BCUT2D eigenvalue weighted by Crippen LogP contribution is 2.46. The third kappa shape index (κ3) is 4.42. The predicted octanol–water partition coefficient (Wildman–Crippen LogP) is 5.86. The van der Waals surface area contributed by atoms with E-state index in [0.29, 0.717) is 24.0 Å². The summed E-state index contributed by atoms with van der Waals surface area (Å²) in [6.07, 6.45) is 3.28. The second kappa shape index (κ2) is 8.62. The first-order valence-corrected chi connectivity index (χ1v) is 11.8. The monoisotopic (exact) mass is 490 g/mol. The fraction of sp³-hybridized carbons (Fsp3) is 0.462. The Bertz CT molecular complexity index is 1210. The normalized spacial score (nSPS) is 28.1. The zero-order valence-electron chi connectivity index (χ0n) is 19.2. The molecule has 2 aromatic rings. The lowest BCUT2D eigenvalue weighted by Gasteiger charge is -2.38. The molecule has 1 aromatic carbocycles. The molecule has 0 amide bonds. The summed E-state index contributed by atoms with van der Waals surface area (Å²) in [5.74, 6) is -0.879. The summed E-state index contributed by atoms with van der Waals surface area (Å²) < 4.78 is 58.1. The zero-order valence-corrected chi connectivity index (χ0v) is 19.2. The Labute approximate surface area is 200 Å². The topological polar surface area (TPSA) is 64.3 Å². The molecule has 0 radical (unpaired) electrons. The van der Waals surface area contributed by atoms with Crippen LogP contribution in [0.15, 0.2) is 54.2 Å². The molecule has 0 spiro atoms. The molecule has 1 saturated carbocycles. The van der Waals surface area contributed by atoms with Gasteiger partial charge in [-0.25, -0.2) is 9.37 Å². The van der Waals surface area contributed by atoms with Gasteiger partial charge in [-0.3, -0.25) is 4.79 Å². The molecular formula is C26H26F4N2O3. The zero-order chi connectivity index (χ0) is 25.0. The van der Waals surface area contributed by atoms with Crippen molar-refractivity contribution in [2.45, 2.75) is 63.5 Å². The standard InChI is InChI=1S/C26H26F4N2O3/c1-15-11-17(35-26(28,29)30)5-6-18(15)16-7-9-25(34,10-8-16)23(33)12-21-24-19(3-2-4-20(24)27)22-13-31-14-32(21)22/h2-6,13-16,21,34H,7-12H2,1H3. The third-order valence-corrected chi connectivity index (χ3v) is 7.63. The van der Waals surface area contributed by atoms with E-state index in [1.165, 1.54) is 12.1 Å². The highest BCUT2D eigenvalue weighted by Gasteiger charge is 2.44. The van der Waals surface area contributed by atoms with Crippen molar-refractivity contribution in [2.75, 3.05) is 0 Å². The number of aromatic nitrogens is 2. The Kier molecular flexibility index (Phi) is 5.86. The number of aliphatic hydroxyl groups is 1. The number of halogens is 4. The third-order valence-electron chi connectivity index (χ3n) is 7.63. The molecule has 2 unspecified atom stereocenters. The van der Waals surface area contributed by atoms with Gasteiger partial charge >= 0.3 is 6.36 Å². The fourth-order valence-electron chi connectivity index (χ4n) is 5.88. The van der Waals surface area contributed by atoms with Crippen molar-refractivity contribution in [2.24, 2.45) is 11.8 Å². The average Bonchev–Trinajstić information content (AvgIpc) is 3.37. The van der Waals surface area contributed by atoms with Gasteiger partial charge in [0.2, 0.25) is 0 Å². The quantitative estimate of drug-likeness (QED) is 0.534. The van der Waals surface area contributed by atoms with Crippen molar-refractivity contribution in [1.29, 1.82) is 0 Å². The summed E-state index contributed by atoms with van der Waals surface area (Å²) in [7, 11) is 0. The number of ketones is 1. The number of nitrogens with zero attached hydrogens (tertiary/aromatic N) is 2. The van der Waals surface area contributed by atoms with E-state index in [0.717, 1.165) is 11.3 Å². The molecule has 1 N–H and O–H groups in total. The molecular weight excluding hydrogens is 464 g/mol. The Morgan fingerprint density at radius 1 is 1.26 bits per heavy atom. The predicted molar refractivity (Wildman–Crippen MR) is 119 cm³/mol. The van der Waals surface area contributed by atoms with Crippen molar-refractivity contribution in [3.05, 3.63) is 65.6 Å². The van der Waals surface area contributed by atoms with Gasteiger partial charge in [0.25, 0.3) is 0 Å². The maximum absolute atomic E-state index is 14.7. The van der Waals surface area contributed by atoms with Gasteiger partial charge in [0.05, 0.1) is 24.3 Å². The maximum Gasteiger partial charge on any atom is 0.572 e. The Morgan fingerprint density at radius 2 is 2.00 bits per heavy atom. The number of hydrogen-bond donors (Lipinski definition) is 1. The minimum atomic E-state index is -4.71. The average molecular weight is 490 g/mol. The van der Waals surface area contributed by atoms with Gasteiger partial charge in [0, 0.05) is 24.0 Å². The molecule has 1 aromatic heterocycles. The number of carbonyl (C=O) groups excluding carboxylic acids is 1. The molecule has 35 heavy (non-hydrogen) atoms. The van der Waals surface area contributed by atoms with Crippen molar-refractivity contribution in [1.82, 2.24) is 9.55 Å². The smallest absolute Gasteiger partial charge is 0.410 e. The first-order chi connectivity index (χ1) is 16.6. The van der Waals surface area contributed by atoms with E-state index in [4.69, 9.17) is 0 Å². The first-order valence-electron chi connectivity index (χ1n) is 11.8. The summed E-state index contributed by atoms with van der Waals surface area (Å²) in [6.45, 7) is 1.86. The van der Waals surface area contributed by atoms with Gasteiger partial charge in [-0.15, -0.1) is 13.2 Å². The highest BCUT2D eigenvalue weighted by molar-refractivity contribution is 5.88. The van der Waals surface area contributed by atoms with Crippen LogP contribution >= 0.6 is 0 Å². The van der Waals surface area contributed by atoms with E-state index in [2.05, 4.69) is 9.72 Å². The van der Waals surface area contributed by atoms with Crippen LogP contribution < -0.4 is 0 Å². The minimum Gasteiger partial charge on any atom is -0.410 e. The number of ether oxygens (including phenoxy) is 1. The Balaban J connectivity index is 1.27. The molecule has 3 aliphatic rings. The highest BCUT2D eigenvalue weighted by atomic mass is 19.4. The second-order valence-corrected chi connectivity index (χ2v) is 9.79. The van der Waals surface area contributed by atoms with Gasteiger partial charge < -0.3 is 14.4 Å². The van der Waals surface area contributed by atoms with Gasteiger partial charge in [-0.1, -0.05) is 30.7 Å². The molecule has 5 nitrogen and oxygen atoms in total. The molecule has 2 heterocycles. The van der Waals surface area contributed by atoms with E-state index >= 15 is 0 Å². The van der Waals surface area contributed by atoms with E-state index in [1.807, 2.05) is 6.92 Å². The number of hydrogen-bond acceptors (Lipinski definition) is 4. The van der Waals surface area contributed by atoms with Crippen LogP contribution in [0.5, 0.6) is 0 Å². The van der Waals surface area contributed by atoms with E-state index in [-0.39, 0.29) is 54.9 Å².